The van der Waals surface area contributed by atoms with Crippen molar-refractivity contribution in [1.82, 2.24) is 15.1 Å². The van der Waals surface area contributed by atoms with Gasteiger partial charge in [0.25, 0.3) is 11.8 Å². The Balaban J connectivity index is 2.24. The lowest BCUT2D eigenvalue weighted by atomic mass is 10.1. The Labute approximate surface area is 127 Å². The number of benzene rings is 1. The molecule has 0 aliphatic carbocycles. The maximum Gasteiger partial charge on any atom is 0.275 e. The zero-order chi connectivity index (χ0) is 15.6. The number of amides is 2. The number of nitrogens with one attached hydrogen (secondary N) is 2. The van der Waals surface area contributed by atoms with Crippen molar-refractivity contribution in [2.75, 3.05) is 12.4 Å². The fraction of sp³-hybridized carbons (Fsp3) is 0.214. The van der Waals surface area contributed by atoms with Gasteiger partial charge in [-0.3, -0.25) is 14.3 Å². The Hall–Kier alpha value is -2.34. The maximum atomic E-state index is 12.2. The summed E-state index contributed by atoms with van der Waals surface area (Å²) >= 11 is 5.93. The van der Waals surface area contributed by atoms with Crippen molar-refractivity contribution in [3.8, 4) is 0 Å². The third-order valence-electron chi connectivity index (χ3n) is 3.07. The largest absolute Gasteiger partial charge is 0.355 e. The highest BCUT2D eigenvalue weighted by atomic mass is 35.5. The first-order chi connectivity index (χ1) is 9.93. The summed E-state index contributed by atoms with van der Waals surface area (Å²) in [6.45, 7) is 1.81. The summed E-state index contributed by atoms with van der Waals surface area (Å²) in [6.07, 6.45) is 1.41. The lowest BCUT2D eigenvalue weighted by Gasteiger charge is -2.10. The minimum atomic E-state index is -0.351. The predicted molar refractivity (Wildman–Crippen MR) is 80.7 cm³/mol. The smallest absolute Gasteiger partial charge is 0.275 e. The van der Waals surface area contributed by atoms with E-state index in [1.165, 1.54) is 10.9 Å². The summed E-state index contributed by atoms with van der Waals surface area (Å²) in [5.41, 5.74) is 2.21. The summed E-state index contributed by atoms with van der Waals surface area (Å²) < 4.78 is 1.41. The van der Waals surface area contributed by atoms with Gasteiger partial charge in [-0.1, -0.05) is 11.6 Å². The highest BCUT2D eigenvalue weighted by Crippen LogP contribution is 2.20. The predicted octanol–water partition coefficient (Wildman–Crippen LogP) is 1.99. The monoisotopic (exact) mass is 306 g/mol. The van der Waals surface area contributed by atoms with E-state index in [1.54, 1.807) is 32.3 Å². The molecule has 0 aliphatic heterocycles. The lowest BCUT2D eigenvalue weighted by Crippen LogP contribution is -2.19. The average Bonchev–Trinajstić information content (AvgIpc) is 2.79. The van der Waals surface area contributed by atoms with E-state index in [9.17, 15) is 9.59 Å². The standard InChI is InChI=1S/C14H15ClN4O2/c1-8-6-9(13(20)16-2)4-5-11(8)18-14(21)12-10(15)7-17-19(12)3/h4-7H,1-3H3,(H,16,20)(H,18,21). The van der Waals surface area contributed by atoms with Crippen molar-refractivity contribution in [2.45, 2.75) is 6.92 Å². The molecule has 0 atom stereocenters. The number of aromatic nitrogens is 2. The van der Waals surface area contributed by atoms with Crippen LogP contribution in [0.1, 0.15) is 26.4 Å². The molecule has 2 aromatic rings. The molecule has 21 heavy (non-hydrogen) atoms. The first kappa shape index (κ1) is 15.1. The van der Waals surface area contributed by atoms with Gasteiger partial charge in [0.15, 0.2) is 0 Å². The van der Waals surface area contributed by atoms with Gasteiger partial charge in [0.05, 0.1) is 11.2 Å². The molecule has 7 heteroatoms. The van der Waals surface area contributed by atoms with Crippen molar-refractivity contribution < 1.29 is 9.59 Å². The van der Waals surface area contributed by atoms with Crippen LogP contribution in [0.25, 0.3) is 0 Å². The summed E-state index contributed by atoms with van der Waals surface area (Å²) in [6, 6.07) is 5.04. The quantitative estimate of drug-likeness (QED) is 0.910. The van der Waals surface area contributed by atoms with Crippen LogP contribution in [-0.4, -0.2) is 28.6 Å². The normalized spacial score (nSPS) is 10.3. The molecule has 0 fully saturated rings. The van der Waals surface area contributed by atoms with Crippen molar-refractivity contribution in [2.24, 2.45) is 7.05 Å². The van der Waals surface area contributed by atoms with Gasteiger partial charge >= 0.3 is 0 Å². The second-order valence-corrected chi connectivity index (χ2v) is 4.93. The van der Waals surface area contributed by atoms with E-state index in [-0.39, 0.29) is 22.5 Å². The molecule has 1 heterocycles. The SMILES string of the molecule is CNC(=O)c1ccc(NC(=O)c2c(Cl)cnn2C)c(C)c1. The van der Waals surface area contributed by atoms with Gasteiger partial charge in [0.2, 0.25) is 0 Å². The van der Waals surface area contributed by atoms with Crippen LogP contribution in [0.15, 0.2) is 24.4 Å². The number of nitrogens with zero attached hydrogens (tertiary/aromatic N) is 2. The van der Waals surface area contributed by atoms with Gasteiger partial charge in [-0.2, -0.15) is 5.10 Å². The summed E-state index contributed by atoms with van der Waals surface area (Å²) in [5, 5.41) is 9.52. The van der Waals surface area contributed by atoms with Crippen LogP contribution in [0.3, 0.4) is 0 Å². The van der Waals surface area contributed by atoms with Crippen LogP contribution < -0.4 is 10.6 Å². The average molecular weight is 307 g/mol. The summed E-state index contributed by atoms with van der Waals surface area (Å²) in [4.78, 5) is 23.8. The van der Waals surface area contributed by atoms with Gasteiger partial charge in [-0.25, -0.2) is 0 Å². The fourth-order valence-electron chi connectivity index (χ4n) is 1.94. The highest BCUT2D eigenvalue weighted by molar-refractivity contribution is 6.34. The molecule has 0 saturated heterocycles. The number of carbonyl (C=O) groups excluding carboxylic acids is 2. The number of hydrogen-bond donors (Lipinski definition) is 2. The van der Waals surface area contributed by atoms with Crippen LogP contribution in [0.4, 0.5) is 5.69 Å². The number of anilines is 1. The van der Waals surface area contributed by atoms with Crippen molar-refractivity contribution in [3.05, 3.63) is 46.2 Å². The van der Waals surface area contributed by atoms with E-state index in [1.807, 2.05) is 6.92 Å². The third kappa shape index (κ3) is 3.05. The van der Waals surface area contributed by atoms with Crippen LogP contribution in [0.2, 0.25) is 5.02 Å². The molecule has 0 saturated carbocycles. The Kier molecular flexibility index (Phi) is 4.28. The lowest BCUT2D eigenvalue weighted by molar-refractivity contribution is 0.0962. The molecule has 2 amide bonds. The minimum absolute atomic E-state index is 0.175. The molecular weight excluding hydrogens is 292 g/mol. The number of aryl methyl sites for hydroxylation is 2. The molecule has 2 N–H and O–H groups in total. The van der Waals surface area contributed by atoms with Crippen molar-refractivity contribution in [1.29, 1.82) is 0 Å². The number of hydrogen-bond acceptors (Lipinski definition) is 3. The number of rotatable bonds is 3. The molecule has 6 nitrogen and oxygen atoms in total. The first-order valence-corrected chi connectivity index (χ1v) is 6.63. The molecule has 0 bridgehead atoms. The van der Waals surface area contributed by atoms with E-state index < -0.39 is 0 Å². The Morgan fingerprint density at radius 1 is 1.29 bits per heavy atom. The van der Waals surface area contributed by atoms with Gasteiger partial charge in [0.1, 0.15) is 5.69 Å². The molecular formula is C14H15ClN4O2. The summed E-state index contributed by atoms with van der Waals surface area (Å²) in [7, 11) is 3.21. The summed E-state index contributed by atoms with van der Waals surface area (Å²) in [5.74, 6) is -0.526. The van der Waals surface area contributed by atoms with E-state index in [0.29, 0.717) is 11.3 Å². The van der Waals surface area contributed by atoms with E-state index in [2.05, 4.69) is 15.7 Å². The molecule has 0 unspecified atom stereocenters. The molecule has 110 valence electrons. The van der Waals surface area contributed by atoms with Crippen LogP contribution in [0, 0.1) is 6.92 Å². The van der Waals surface area contributed by atoms with Gasteiger partial charge < -0.3 is 10.6 Å². The van der Waals surface area contributed by atoms with Gasteiger partial charge in [-0.15, -0.1) is 0 Å². The Morgan fingerprint density at radius 3 is 2.52 bits per heavy atom. The topological polar surface area (TPSA) is 76.0 Å². The van der Waals surface area contributed by atoms with Crippen LogP contribution in [-0.2, 0) is 7.05 Å². The second-order valence-electron chi connectivity index (χ2n) is 4.53. The van der Waals surface area contributed by atoms with Crippen molar-refractivity contribution >= 4 is 29.1 Å². The number of carbonyl (C=O) groups is 2. The zero-order valence-electron chi connectivity index (χ0n) is 11.9. The third-order valence-corrected chi connectivity index (χ3v) is 3.35. The molecule has 0 spiro atoms. The second kappa shape index (κ2) is 5.97. The highest BCUT2D eigenvalue weighted by Gasteiger charge is 2.16. The number of halogens is 1. The van der Waals surface area contributed by atoms with Crippen molar-refractivity contribution in [3.63, 3.8) is 0 Å². The maximum absolute atomic E-state index is 12.2. The minimum Gasteiger partial charge on any atom is -0.355 e. The van der Waals surface area contributed by atoms with E-state index in [4.69, 9.17) is 11.6 Å². The molecule has 2 rings (SSSR count). The molecule has 1 aromatic heterocycles. The molecule has 0 radical (unpaired) electrons. The van der Waals surface area contributed by atoms with E-state index in [0.717, 1.165) is 5.56 Å². The van der Waals surface area contributed by atoms with Gasteiger partial charge in [-0.05, 0) is 30.7 Å². The molecule has 0 aliphatic rings. The Morgan fingerprint density at radius 2 is 2.00 bits per heavy atom. The van der Waals surface area contributed by atoms with E-state index >= 15 is 0 Å². The Bertz CT molecular complexity index is 689. The zero-order valence-corrected chi connectivity index (χ0v) is 12.7. The molecule has 1 aromatic carbocycles. The van der Waals surface area contributed by atoms with Crippen LogP contribution in [0.5, 0.6) is 0 Å². The fourth-order valence-corrected chi connectivity index (χ4v) is 2.19. The van der Waals surface area contributed by atoms with Crippen LogP contribution >= 0.6 is 11.6 Å². The van der Waals surface area contributed by atoms with Gasteiger partial charge in [0, 0.05) is 25.3 Å². The first-order valence-electron chi connectivity index (χ1n) is 6.25.